The van der Waals surface area contributed by atoms with E-state index in [-0.39, 0.29) is 18.2 Å². The van der Waals surface area contributed by atoms with Gasteiger partial charge in [0, 0.05) is 11.6 Å². The van der Waals surface area contributed by atoms with Gasteiger partial charge in [0.2, 0.25) is 0 Å². The molecule has 0 aliphatic carbocycles. The maximum absolute atomic E-state index is 12.2. The van der Waals surface area contributed by atoms with E-state index in [9.17, 15) is 13.2 Å². The molecule has 7 heteroatoms. The molecule has 0 aliphatic heterocycles. The molecule has 0 amide bonds. The van der Waals surface area contributed by atoms with Gasteiger partial charge in [-0.15, -0.1) is 25.6 Å². The fourth-order valence-corrected chi connectivity index (χ4v) is 2.45. The smallest absolute Gasteiger partial charge is 0.406 e. The third kappa shape index (κ3) is 3.96. The first-order chi connectivity index (χ1) is 10.9. The maximum atomic E-state index is 12.2. The average Bonchev–Trinajstić information content (AvgIpc) is 2.53. The van der Waals surface area contributed by atoms with Crippen LogP contribution in [0.15, 0.2) is 60.8 Å². The van der Waals surface area contributed by atoms with Crippen molar-refractivity contribution in [2.24, 2.45) is 5.73 Å². The SMILES string of the molecule is Cl.N[C@H](c1ccc(OC(F)(F)F)cc1)c1ccnc2ccccc12. The molecule has 3 nitrogen and oxygen atoms in total. The van der Waals surface area contributed by atoms with Crippen molar-refractivity contribution < 1.29 is 17.9 Å². The lowest BCUT2D eigenvalue weighted by Gasteiger charge is -2.16. The predicted molar refractivity (Wildman–Crippen MR) is 88.1 cm³/mol. The van der Waals surface area contributed by atoms with Gasteiger partial charge in [0.25, 0.3) is 0 Å². The number of ether oxygens (including phenoxy) is 1. The molecule has 0 bridgehead atoms. The number of hydrogen-bond donors (Lipinski definition) is 1. The Morgan fingerprint density at radius 1 is 0.958 bits per heavy atom. The number of nitrogens with two attached hydrogens (primary N) is 1. The van der Waals surface area contributed by atoms with Gasteiger partial charge in [-0.3, -0.25) is 4.98 Å². The van der Waals surface area contributed by atoms with Crippen molar-refractivity contribution in [1.29, 1.82) is 0 Å². The minimum atomic E-state index is -4.70. The number of halogens is 4. The highest BCUT2D eigenvalue weighted by atomic mass is 35.5. The van der Waals surface area contributed by atoms with Crippen LogP contribution in [0.1, 0.15) is 17.2 Å². The van der Waals surface area contributed by atoms with Crippen molar-refractivity contribution in [3.05, 3.63) is 71.9 Å². The van der Waals surface area contributed by atoms with E-state index in [0.29, 0.717) is 5.56 Å². The highest BCUT2D eigenvalue weighted by Crippen LogP contribution is 2.28. The minimum absolute atomic E-state index is 0. The normalized spacial score (nSPS) is 12.5. The van der Waals surface area contributed by atoms with E-state index in [2.05, 4.69) is 9.72 Å². The van der Waals surface area contributed by atoms with Crippen molar-refractivity contribution in [2.75, 3.05) is 0 Å². The molecule has 1 aromatic heterocycles. The lowest BCUT2D eigenvalue weighted by molar-refractivity contribution is -0.274. The third-order valence-electron chi connectivity index (χ3n) is 3.49. The fraction of sp³-hybridized carbons (Fsp3) is 0.118. The van der Waals surface area contributed by atoms with Gasteiger partial charge in [-0.05, 0) is 35.4 Å². The topological polar surface area (TPSA) is 48.1 Å². The van der Waals surface area contributed by atoms with Crippen LogP contribution in [0.3, 0.4) is 0 Å². The van der Waals surface area contributed by atoms with Crippen LogP contribution in [0.2, 0.25) is 0 Å². The highest BCUT2D eigenvalue weighted by Gasteiger charge is 2.31. The number of alkyl halides is 3. The molecule has 1 atom stereocenters. The van der Waals surface area contributed by atoms with E-state index in [1.807, 2.05) is 30.3 Å². The van der Waals surface area contributed by atoms with Crippen LogP contribution in [0.5, 0.6) is 5.75 Å². The molecule has 24 heavy (non-hydrogen) atoms. The first kappa shape index (κ1) is 18.0. The Kier molecular flexibility index (Phi) is 5.31. The summed E-state index contributed by atoms with van der Waals surface area (Å²) in [6.07, 6.45) is -3.04. The summed E-state index contributed by atoms with van der Waals surface area (Å²) in [5, 5.41) is 0.915. The van der Waals surface area contributed by atoms with E-state index < -0.39 is 12.4 Å². The molecular formula is C17H14ClF3N2O. The molecule has 0 fully saturated rings. The van der Waals surface area contributed by atoms with Gasteiger partial charge in [-0.2, -0.15) is 0 Å². The number of para-hydroxylation sites is 1. The zero-order valence-electron chi connectivity index (χ0n) is 12.3. The Balaban J connectivity index is 0.00000208. The summed E-state index contributed by atoms with van der Waals surface area (Å²) >= 11 is 0. The largest absolute Gasteiger partial charge is 0.573 e. The second-order valence-corrected chi connectivity index (χ2v) is 5.01. The number of benzene rings is 2. The Hall–Kier alpha value is -2.31. The number of pyridine rings is 1. The number of aromatic nitrogens is 1. The van der Waals surface area contributed by atoms with Crippen molar-refractivity contribution >= 4 is 23.3 Å². The Morgan fingerprint density at radius 2 is 1.62 bits per heavy atom. The monoisotopic (exact) mass is 354 g/mol. The summed E-state index contributed by atoms with van der Waals surface area (Å²) in [6.45, 7) is 0. The molecule has 0 unspecified atom stereocenters. The Morgan fingerprint density at radius 3 is 2.29 bits per heavy atom. The molecule has 1 heterocycles. The second-order valence-electron chi connectivity index (χ2n) is 5.01. The van der Waals surface area contributed by atoms with Gasteiger partial charge in [0.15, 0.2) is 0 Å². The summed E-state index contributed by atoms with van der Waals surface area (Å²) < 4.78 is 40.4. The standard InChI is InChI=1S/C17H13F3N2O.ClH/c18-17(19,20)23-12-7-5-11(6-8-12)16(21)14-9-10-22-15-4-2-1-3-13(14)15;/h1-10,16H,21H2;1H/t16-;/m1./s1. The third-order valence-corrected chi connectivity index (χ3v) is 3.49. The molecule has 126 valence electrons. The molecule has 2 aromatic carbocycles. The molecule has 2 N–H and O–H groups in total. The first-order valence-corrected chi connectivity index (χ1v) is 6.89. The second kappa shape index (κ2) is 7.07. The zero-order valence-corrected chi connectivity index (χ0v) is 13.1. The van der Waals surface area contributed by atoms with Crippen molar-refractivity contribution in [1.82, 2.24) is 4.98 Å². The number of hydrogen-bond acceptors (Lipinski definition) is 3. The van der Waals surface area contributed by atoms with Gasteiger partial charge in [-0.25, -0.2) is 0 Å². The van der Waals surface area contributed by atoms with Crippen LogP contribution < -0.4 is 10.5 Å². The molecule has 0 aliphatic rings. The summed E-state index contributed by atoms with van der Waals surface area (Å²) in [7, 11) is 0. The zero-order chi connectivity index (χ0) is 16.4. The van der Waals surface area contributed by atoms with Gasteiger partial charge in [0.05, 0.1) is 11.6 Å². The van der Waals surface area contributed by atoms with E-state index in [1.165, 1.54) is 24.3 Å². The summed E-state index contributed by atoms with van der Waals surface area (Å²) in [5.74, 6) is -0.270. The van der Waals surface area contributed by atoms with Crippen LogP contribution in [0, 0.1) is 0 Å². The van der Waals surface area contributed by atoms with Gasteiger partial charge >= 0.3 is 6.36 Å². The summed E-state index contributed by atoms with van der Waals surface area (Å²) in [4.78, 5) is 4.27. The van der Waals surface area contributed by atoms with E-state index in [1.54, 1.807) is 6.20 Å². The molecule has 0 saturated heterocycles. The van der Waals surface area contributed by atoms with Crippen LogP contribution in [-0.4, -0.2) is 11.3 Å². The number of rotatable bonds is 3. The molecule has 0 spiro atoms. The molecule has 3 aromatic rings. The quantitative estimate of drug-likeness (QED) is 0.747. The lowest BCUT2D eigenvalue weighted by Crippen LogP contribution is -2.17. The Labute approximate surface area is 142 Å². The van der Waals surface area contributed by atoms with Crippen LogP contribution in [0.25, 0.3) is 10.9 Å². The van der Waals surface area contributed by atoms with Gasteiger partial charge < -0.3 is 10.5 Å². The molecule has 0 radical (unpaired) electrons. The van der Waals surface area contributed by atoms with Crippen molar-refractivity contribution in [2.45, 2.75) is 12.4 Å². The van der Waals surface area contributed by atoms with Gasteiger partial charge in [-0.1, -0.05) is 30.3 Å². The van der Waals surface area contributed by atoms with E-state index in [4.69, 9.17) is 5.73 Å². The predicted octanol–water partition coefficient (Wildman–Crippen LogP) is 4.60. The number of nitrogens with zero attached hydrogens (tertiary/aromatic N) is 1. The first-order valence-electron chi connectivity index (χ1n) is 6.89. The molecular weight excluding hydrogens is 341 g/mol. The van der Waals surface area contributed by atoms with Gasteiger partial charge in [0.1, 0.15) is 5.75 Å². The van der Waals surface area contributed by atoms with E-state index >= 15 is 0 Å². The average molecular weight is 355 g/mol. The van der Waals surface area contributed by atoms with Crippen LogP contribution >= 0.6 is 12.4 Å². The maximum Gasteiger partial charge on any atom is 0.573 e. The van der Waals surface area contributed by atoms with E-state index in [0.717, 1.165) is 16.5 Å². The minimum Gasteiger partial charge on any atom is -0.406 e. The lowest BCUT2D eigenvalue weighted by atomic mass is 9.96. The summed E-state index contributed by atoms with van der Waals surface area (Å²) in [5.41, 5.74) is 8.64. The van der Waals surface area contributed by atoms with Crippen LogP contribution in [0.4, 0.5) is 13.2 Å². The fourth-order valence-electron chi connectivity index (χ4n) is 2.45. The van der Waals surface area contributed by atoms with Crippen molar-refractivity contribution in [3.63, 3.8) is 0 Å². The molecule has 3 rings (SSSR count). The Bertz CT molecular complexity index is 817. The van der Waals surface area contributed by atoms with Crippen molar-refractivity contribution in [3.8, 4) is 5.75 Å². The molecule has 0 saturated carbocycles. The highest BCUT2D eigenvalue weighted by molar-refractivity contribution is 5.85. The van der Waals surface area contributed by atoms with Crippen LogP contribution in [-0.2, 0) is 0 Å². The summed E-state index contributed by atoms with van der Waals surface area (Å²) in [6, 6.07) is 14.5. The number of fused-ring (bicyclic) bond motifs is 1.